The quantitative estimate of drug-likeness (QED) is 0.365. The number of carbonyl (C=O) groups is 1. The number of amides is 1. The third-order valence-corrected chi connectivity index (χ3v) is 5.86. The van der Waals surface area contributed by atoms with Crippen LogP contribution in [0.15, 0.2) is 60.7 Å². The van der Waals surface area contributed by atoms with Gasteiger partial charge in [-0.05, 0) is 56.2 Å². The normalized spacial score (nSPS) is 11.0. The highest BCUT2D eigenvalue weighted by atomic mass is 35.5. The van der Waals surface area contributed by atoms with Crippen molar-refractivity contribution in [2.45, 2.75) is 20.8 Å². The van der Waals surface area contributed by atoms with Crippen molar-refractivity contribution in [2.24, 2.45) is 0 Å². The minimum atomic E-state index is -0.208. The number of hydrogen-bond acceptors (Lipinski definition) is 2. The highest BCUT2D eigenvalue weighted by Gasteiger charge is 2.20. The van der Waals surface area contributed by atoms with Crippen molar-refractivity contribution in [2.75, 3.05) is 5.32 Å². The smallest absolute Gasteiger partial charge is 0.256 e. The van der Waals surface area contributed by atoms with Crippen LogP contribution < -0.4 is 5.32 Å². The molecule has 150 valence electrons. The average Bonchev–Trinajstić information content (AvgIpc) is 2.71. The Balaban J connectivity index is 1.93. The maximum Gasteiger partial charge on any atom is 0.256 e. The Kier molecular flexibility index (Phi) is 5.50. The summed E-state index contributed by atoms with van der Waals surface area (Å²) in [7, 11) is 0. The Bertz CT molecular complexity index is 1280. The maximum atomic E-state index is 13.4. The first-order chi connectivity index (χ1) is 14.3. The van der Waals surface area contributed by atoms with Crippen molar-refractivity contribution in [3.8, 4) is 11.3 Å². The van der Waals surface area contributed by atoms with Gasteiger partial charge in [0.2, 0.25) is 0 Å². The summed E-state index contributed by atoms with van der Waals surface area (Å²) < 4.78 is 0. The van der Waals surface area contributed by atoms with Gasteiger partial charge in [0.05, 0.1) is 26.8 Å². The highest BCUT2D eigenvalue weighted by Crippen LogP contribution is 2.33. The van der Waals surface area contributed by atoms with Crippen LogP contribution in [0.25, 0.3) is 22.2 Å². The monoisotopic (exact) mass is 434 g/mol. The van der Waals surface area contributed by atoms with E-state index in [0.717, 1.165) is 38.9 Å². The molecule has 0 fully saturated rings. The van der Waals surface area contributed by atoms with Crippen molar-refractivity contribution in [1.29, 1.82) is 0 Å². The summed E-state index contributed by atoms with van der Waals surface area (Å²) >= 11 is 12.1. The van der Waals surface area contributed by atoms with Crippen LogP contribution in [0.2, 0.25) is 10.0 Å². The lowest BCUT2D eigenvalue weighted by molar-refractivity contribution is 0.102. The van der Waals surface area contributed by atoms with Gasteiger partial charge in [-0.15, -0.1) is 0 Å². The van der Waals surface area contributed by atoms with Crippen molar-refractivity contribution >= 4 is 45.7 Å². The van der Waals surface area contributed by atoms with Crippen molar-refractivity contribution in [3.63, 3.8) is 0 Å². The molecule has 0 aliphatic heterocycles. The molecule has 1 aromatic heterocycles. The molecule has 4 rings (SSSR count). The lowest BCUT2D eigenvalue weighted by Crippen LogP contribution is -2.15. The van der Waals surface area contributed by atoms with E-state index in [0.29, 0.717) is 21.3 Å². The summed E-state index contributed by atoms with van der Waals surface area (Å²) in [4.78, 5) is 18.4. The second-order valence-electron chi connectivity index (χ2n) is 7.39. The molecule has 30 heavy (non-hydrogen) atoms. The van der Waals surface area contributed by atoms with Crippen LogP contribution in [0.5, 0.6) is 0 Å². The number of benzene rings is 3. The zero-order valence-electron chi connectivity index (χ0n) is 16.9. The molecule has 0 bridgehead atoms. The van der Waals surface area contributed by atoms with Crippen LogP contribution in [0, 0.1) is 20.8 Å². The van der Waals surface area contributed by atoms with Gasteiger partial charge in [-0.1, -0.05) is 65.2 Å². The summed E-state index contributed by atoms with van der Waals surface area (Å²) in [6.07, 6.45) is 0. The molecule has 0 unspecified atom stereocenters. The molecule has 0 atom stereocenters. The predicted octanol–water partition coefficient (Wildman–Crippen LogP) is 7.39. The Morgan fingerprint density at radius 3 is 2.33 bits per heavy atom. The van der Waals surface area contributed by atoms with Gasteiger partial charge >= 0.3 is 0 Å². The van der Waals surface area contributed by atoms with Crippen molar-refractivity contribution < 1.29 is 4.79 Å². The van der Waals surface area contributed by atoms with Crippen LogP contribution in [0.3, 0.4) is 0 Å². The zero-order valence-corrected chi connectivity index (χ0v) is 18.4. The summed E-state index contributed by atoms with van der Waals surface area (Å²) in [5.74, 6) is -0.208. The molecule has 3 aromatic carbocycles. The van der Waals surface area contributed by atoms with E-state index in [1.807, 2.05) is 57.2 Å². The average molecular weight is 435 g/mol. The molecular weight excluding hydrogens is 415 g/mol. The van der Waals surface area contributed by atoms with Gasteiger partial charge in [-0.2, -0.15) is 0 Å². The lowest BCUT2D eigenvalue weighted by Gasteiger charge is -2.17. The minimum Gasteiger partial charge on any atom is -0.322 e. The predicted molar refractivity (Wildman–Crippen MR) is 126 cm³/mol. The Hall–Kier alpha value is -2.88. The molecule has 1 heterocycles. The fourth-order valence-electron chi connectivity index (χ4n) is 3.75. The number of fused-ring (bicyclic) bond motifs is 1. The standard InChI is InChI=1S/C25H20Cl2N2O/c1-14-11-15(2)23-19(12-14)22(16(3)24(29-23)17-7-5-4-6-8-17)25(30)28-18-9-10-20(26)21(27)13-18/h4-13H,1-3H3,(H,28,30). The van der Waals surface area contributed by atoms with Crippen LogP contribution in [0.4, 0.5) is 5.69 Å². The van der Waals surface area contributed by atoms with E-state index in [2.05, 4.69) is 11.4 Å². The molecule has 3 nitrogen and oxygen atoms in total. The molecule has 5 heteroatoms. The number of nitrogens with one attached hydrogen (secondary N) is 1. The largest absolute Gasteiger partial charge is 0.322 e. The number of anilines is 1. The van der Waals surface area contributed by atoms with E-state index >= 15 is 0 Å². The number of halogens is 2. The van der Waals surface area contributed by atoms with Gasteiger partial charge in [0.1, 0.15) is 0 Å². The highest BCUT2D eigenvalue weighted by molar-refractivity contribution is 6.42. The summed E-state index contributed by atoms with van der Waals surface area (Å²) in [5, 5.41) is 4.64. The molecule has 0 aliphatic carbocycles. The molecule has 0 radical (unpaired) electrons. The molecule has 0 saturated heterocycles. The second kappa shape index (κ2) is 8.10. The first kappa shape index (κ1) is 20.4. The molecule has 0 aliphatic rings. The van der Waals surface area contributed by atoms with Crippen LogP contribution in [0.1, 0.15) is 27.0 Å². The van der Waals surface area contributed by atoms with E-state index in [9.17, 15) is 4.79 Å². The van der Waals surface area contributed by atoms with Gasteiger partial charge in [0.15, 0.2) is 0 Å². The lowest BCUT2D eigenvalue weighted by atomic mass is 9.94. The second-order valence-corrected chi connectivity index (χ2v) is 8.20. The molecular formula is C25H20Cl2N2O. The van der Waals surface area contributed by atoms with Gasteiger partial charge in [0.25, 0.3) is 5.91 Å². The van der Waals surface area contributed by atoms with E-state index in [1.165, 1.54) is 0 Å². The third kappa shape index (κ3) is 3.79. The number of aromatic nitrogens is 1. The Labute approximate surface area is 185 Å². The zero-order chi connectivity index (χ0) is 21.4. The molecule has 4 aromatic rings. The van der Waals surface area contributed by atoms with Gasteiger partial charge in [-0.25, -0.2) is 4.98 Å². The number of nitrogens with zero attached hydrogens (tertiary/aromatic N) is 1. The SMILES string of the molecule is Cc1cc(C)c2nc(-c3ccccc3)c(C)c(C(=O)Nc3ccc(Cl)c(Cl)c3)c2c1. The van der Waals surface area contributed by atoms with Gasteiger partial charge < -0.3 is 5.32 Å². The van der Waals surface area contributed by atoms with E-state index in [-0.39, 0.29) is 5.91 Å². The fraction of sp³-hybridized carbons (Fsp3) is 0.120. The minimum absolute atomic E-state index is 0.208. The van der Waals surface area contributed by atoms with Crippen molar-refractivity contribution in [1.82, 2.24) is 4.98 Å². The van der Waals surface area contributed by atoms with Crippen LogP contribution >= 0.6 is 23.2 Å². The topological polar surface area (TPSA) is 42.0 Å². The molecule has 0 spiro atoms. The first-order valence-electron chi connectivity index (χ1n) is 9.58. The van der Waals surface area contributed by atoms with E-state index in [4.69, 9.17) is 28.2 Å². The summed E-state index contributed by atoms with van der Waals surface area (Å²) in [6, 6.07) is 19.1. The summed E-state index contributed by atoms with van der Waals surface area (Å²) in [6.45, 7) is 5.98. The Morgan fingerprint density at radius 1 is 0.900 bits per heavy atom. The van der Waals surface area contributed by atoms with Crippen LogP contribution in [-0.4, -0.2) is 10.9 Å². The third-order valence-electron chi connectivity index (χ3n) is 5.12. The Morgan fingerprint density at radius 2 is 1.63 bits per heavy atom. The number of aryl methyl sites for hydroxylation is 2. The van der Waals surface area contributed by atoms with E-state index < -0.39 is 0 Å². The molecule has 1 amide bonds. The van der Waals surface area contributed by atoms with Crippen molar-refractivity contribution in [3.05, 3.63) is 93.0 Å². The molecule has 0 saturated carbocycles. The van der Waals surface area contributed by atoms with Crippen LogP contribution in [-0.2, 0) is 0 Å². The first-order valence-corrected chi connectivity index (χ1v) is 10.3. The number of pyridine rings is 1. The maximum absolute atomic E-state index is 13.4. The molecule has 1 N–H and O–H groups in total. The van der Waals surface area contributed by atoms with E-state index in [1.54, 1.807) is 18.2 Å². The van der Waals surface area contributed by atoms with Gasteiger partial charge in [0, 0.05) is 16.6 Å². The fourth-order valence-corrected chi connectivity index (χ4v) is 4.05. The summed E-state index contributed by atoms with van der Waals surface area (Å²) in [5.41, 5.74) is 6.74. The van der Waals surface area contributed by atoms with Gasteiger partial charge in [-0.3, -0.25) is 4.79 Å². The number of carbonyl (C=O) groups excluding carboxylic acids is 1. The number of hydrogen-bond donors (Lipinski definition) is 1. The number of rotatable bonds is 3.